The molecule has 0 aliphatic carbocycles. The number of fused-ring (bicyclic) bond motifs is 1. The van der Waals surface area contributed by atoms with Gasteiger partial charge in [0.25, 0.3) is 0 Å². The predicted molar refractivity (Wildman–Crippen MR) is 93.2 cm³/mol. The van der Waals surface area contributed by atoms with Crippen LogP contribution in [0.15, 0.2) is 30.5 Å². The third-order valence-corrected chi connectivity index (χ3v) is 4.80. The summed E-state index contributed by atoms with van der Waals surface area (Å²) in [4.78, 5) is 17.4. The molecule has 3 rings (SSSR count). The monoisotopic (exact) mass is 327 g/mol. The number of methoxy groups -OCH3 is 1. The molecule has 1 aliphatic heterocycles. The van der Waals surface area contributed by atoms with Crippen LogP contribution in [0.2, 0.25) is 0 Å². The number of benzene rings is 1. The van der Waals surface area contributed by atoms with E-state index in [4.69, 9.17) is 4.74 Å². The van der Waals surface area contributed by atoms with Gasteiger partial charge in [-0.2, -0.15) is 0 Å². The van der Waals surface area contributed by atoms with Crippen LogP contribution in [0.25, 0.3) is 0 Å². The van der Waals surface area contributed by atoms with Crippen molar-refractivity contribution in [2.24, 2.45) is 0 Å². The van der Waals surface area contributed by atoms with Crippen molar-refractivity contribution in [3.63, 3.8) is 0 Å². The van der Waals surface area contributed by atoms with Crippen LogP contribution < -0.4 is 10.1 Å². The zero-order valence-corrected chi connectivity index (χ0v) is 14.8. The number of amides is 1. The van der Waals surface area contributed by atoms with Crippen molar-refractivity contribution < 1.29 is 9.53 Å². The molecule has 0 fully saturated rings. The van der Waals surface area contributed by atoms with Crippen molar-refractivity contribution in [1.82, 2.24) is 14.9 Å². The minimum absolute atomic E-state index is 0.0253. The van der Waals surface area contributed by atoms with Crippen LogP contribution in [0.1, 0.15) is 37.4 Å². The van der Waals surface area contributed by atoms with Crippen LogP contribution in [0.5, 0.6) is 5.75 Å². The lowest BCUT2D eigenvalue weighted by atomic mass is 9.82. The van der Waals surface area contributed by atoms with Crippen molar-refractivity contribution in [3.05, 3.63) is 47.5 Å². The number of hydrogen-bond donors (Lipinski definition) is 1. The highest BCUT2D eigenvalue weighted by Crippen LogP contribution is 2.32. The van der Waals surface area contributed by atoms with Crippen LogP contribution in [0, 0.1) is 6.92 Å². The highest BCUT2D eigenvalue weighted by Gasteiger charge is 2.34. The maximum absolute atomic E-state index is 12.9. The molecule has 2 aromatic rings. The van der Waals surface area contributed by atoms with E-state index in [2.05, 4.69) is 21.1 Å². The third kappa shape index (κ3) is 3.03. The first-order valence-electron chi connectivity index (χ1n) is 8.39. The van der Waals surface area contributed by atoms with Crippen LogP contribution >= 0.6 is 0 Å². The van der Waals surface area contributed by atoms with Crippen molar-refractivity contribution in [3.8, 4) is 5.75 Å². The zero-order valence-electron chi connectivity index (χ0n) is 14.8. The van der Waals surface area contributed by atoms with E-state index in [9.17, 15) is 4.79 Å². The molecule has 0 unspecified atom stereocenters. The molecule has 0 spiro atoms. The highest BCUT2D eigenvalue weighted by molar-refractivity contribution is 5.88. The number of aromatic nitrogens is 2. The molecule has 5 nitrogen and oxygen atoms in total. The van der Waals surface area contributed by atoms with Gasteiger partial charge in [0.1, 0.15) is 11.6 Å². The normalized spacial score (nSPS) is 17.2. The van der Waals surface area contributed by atoms with E-state index in [1.54, 1.807) is 7.11 Å². The molecule has 1 N–H and O–H groups in total. The SMILES string of the molecule is COc1ccccc1C(C)(C)C(=O)N[C@@H]1CCc2nc(C)cn2C1. The van der Waals surface area contributed by atoms with Crippen molar-refractivity contribution in [2.75, 3.05) is 7.11 Å². The summed E-state index contributed by atoms with van der Waals surface area (Å²) in [5, 5.41) is 3.22. The van der Waals surface area contributed by atoms with Gasteiger partial charge in [-0.1, -0.05) is 18.2 Å². The lowest BCUT2D eigenvalue weighted by Gasteiger charge is -2.31. The number of rotatable bonds is 4. The maximum atomic E-state index is 12.9. The molecule has 2 heterocycles. The highest BCUT2D eigenvalue weighted by atomic mass is 16.5. The smallest absolute Gasteiger partial charge is 0.230 e. The number of hydrogen-bond acceptors (Lipinski definition) is 3. The van der Waals surface area contributed by atoms with Gasteiger partial charge < -0.3 is 14.6 Å². The second-order valence-electron chi connectivity index (χ2n) is 6.99. The molecular formula is C19H25N3O2. The van der Waals surface area contributed by atoms with E-state index in [1.165, 1.54) is 0 Å². The quantitative estimate of drug-likeness (QED) is 0.939. The van der Waals surface area contributed by atoms with Gasteiger partial charge >= 0.3 is 0 Å². The molecule has 5 heteroatoms. The molecule has 1 aromatic carbocycles. The molecule has 1 aliphatic rings. The first-order valence-corrected chi connectivity index (χ1v) is 8.39. The van der Waals surface area contributed by atoms with Crippen molar-refractivity contribution >= 4 is 5.91 Å². The Hall–Kier alpha value is -2.30. The predicted octanol–water partition coefficient (Wildman–Crippen LogP) is 2.61. The summed E-state index contributed by atoms with van der Waals surface area (Å²) in [5.74, 6) is 1.88. The first-order chi connectivity index (χ1) is 11.4. The number of imidazole rings is 1. The molecule has 24 heavy (non-hydrogen) atoms. The van der Waals surface area contributed by atoms with Gasteiger partial charge in [-0.25, -0.2) is 4.98 Å². The largest absolute Gasteiger partial charge is 0.496 e. The van der Waals surface area contributed by atoms with Gasteiger partial charge in [0.2, 0.25) is 5.91 Å². The fourth-order valence-electron chi connectivity index (χ4n) is 3.35. The lowest BCUT2D eigenvalue weighted by Crippen LogP contribution is -2.48. The lowest BCUT2D eigenvalue weighted by molar-refractivity contribution is -0.126. The Morgan fingerprint density at radius 1 is 1.38 bits per heavy atom. The van der Waals surface area contributed by atoms with Crippen LogP contribution in [0.4, 0.5) is 0 Å². The van der Waals surface area contributed by atoms with E-state index in [0.29, 0.717) is 0 Å². The van der Waals surface area contributed by atoms with Gasteiger partial charge in [-0.15, -0.1) is 0 Å². The molecule has 1 atom stereocenters. The van der Waals surface area contributed by atoms with E-state index >= 15 is 0 Å². The van der Waals surface area contributed by atoms with Crippen LogP contribution in [-0.2, 0) is 23.2 Å². The van der Waals surface area contributed by atoms with Gasteiger partial charge in [0.05, 0.1) is 18.2 Å². The number of para-hydroxylation sites is 1. The molecule has 1 amide bonds. The number of nitrogens with one attached hydrogen (secondary N) is 1. The fourth-order valence-corrected chi connectivity index (χ4v) is 3.35. The minimum atomic E-state index is -0.655. The second-order valence-corrected chi connectivity index (χ2v) is 6.99. The standard InChI is InChI=1S/C19H25N3O2/c1-13-11-22-12-14(9-10-17(22)20-13)21-18(23)19(2,3)15-7-5-6-8-16(15)24-4/h5-8,11,14H,9-10,12H2,1-4H3,(H,21,23)/t14-/m1/s1. The topological polar surface area (TPSA) is 56.1 Å². The Balaban J connectivity index is 1.74. The van der Waals surface area contributed by atoms with Gasteiger partial charge in [0, 0.05) is 30.8 Å². The van der Waals surface area contributed by atoms with Crippen molar-refractivity contribution in [1.29, 1.82) is 0 Å². The van der Waals surface area contributed by atoms with Crippen molar-refractivity contribution in [2.45, 2.75) is 51.6 Å². The van der Waals surface area contributed by atoms with Gasteiger partial charge in [-0.05, 0) is 33.3 Å². The Morgan fingerprint density at radius 3 is 2.88 bits per heavy atom. The van der Waals surface area contributed by atoms with Gasteiger partial charge in [-0.3, -0.25) is 4.79 Å². The summed E-state index contributed by atoms with van der Waals surface area (Å²) in [6.45, 7) is 6.67. The summed E-state index contributed by atoms with van der Waals surface area (Å²) >= 11 is 0. The fraction of sp³-hybridized carbons (Fsp3) is 0.474. The summed E-state index contributed by atoms with van der Waals surface area (Å²) in [5.41, 5.74) is 1.28. The number of aryl methyl sites for hydroxylation is 2. The van der Waals surface area contributed by atoms with Gasteiger partial charge in [0.15, 0.2) is 0 Å². The number of ether oxygens (including phenoxy) is 1. The van der Waals surface area contributed by atoms with E-state index in [1.807, 2.05) is 45.0 Å². The molecule has 0 bridgehead atoms. The summed E-state index contributed by atoms with van der Waals surface area (Å²) in [6, 6.07) is 7.84. The Kier molecular flexibility index (Phi) is 4.35. The van der Waals surface area contributed by atoms with Crippen LogP contribution in [0.3, 0.4) is 0 Å². The third-order valence-electron chi connectivity index (χ3n) is 4.80. The van der Waals surface area contributed by atoms with E-state index < -0.39 is 5.41 Å². The summed E-state index contributed by atoms with van der Waals surface area (Å²) in [6.07, 6.45) is 3.87. The number of carbonyl (C=O) groups excluding carboxylic acids is 1. The maximum Gasteiger partial charge on any atom is 0.230 e. The molecule has 0 saturated carbocycles. The molecule has 128 valence electrons. The molecule has 1 aromatic heterocycles. The summed E-state index contributed by atoms with van der Waals surface area (Å²) in [7, 11) is 1.64. The average Bonchev–Trinajstić information content (AvgIpc) is 2.94. The van der Waals surface area contributed by atoms with E-state index in [-0.39, 0.29) is 11.9 Å². The average molecular weight is 327 g/mol. The van der Waals surface area contributed by atoms with Crippen LogP contribution in [-0.4, -0.2) is 28.6 Å². The minimum Gasteiger partial charge on any atom is -0.496 e. The molecular weight excluding hydrogens is 302 g/mol. The van der Waals surface area contributed by atoms with E-state index in [0.717, 1.165) is 42.2 Å². The molecule has 0 radical (unpaired) electrons. The number of carbonyl (C=O) groups is 1. The zero-order chi connectivity index (χ0) is 17.3. The Bertz CT molecular complexity index is 749. The first kappa shape index (κ1) is 16.6. The number of nitrogens with zero attached hydrogens (tertiary/aromatic N) is 2. The Labute approximate surface area is 143 Å². The summed E-state index contributed by atoms with van der Waals surface area (Å²) < 4.78 is 7.58. The second kappa shape index (κ2) is 6.30. The Morgan fingerprint density at radius 2 is 2.12 bits per heavy atom. The molecule has 0 saturated heterocycles.